The van der Waals surface area contributed by atoms with Crippen LogP contribution in [-0.4, -0.2) is 17.1 Å². The number of ether oxygens (including phenoxy) is 1. The van der Waals surface area contributed by atoms with Crippen LogP contribution in [0.2, 0.25) is 0 Å². The third-order valence-corrected chi connectivity index (χ3v) is 4.65. The molecule has 2 atom stereocenters. The standard InChI is InChI=1S/C20H22N2O2.ClH/c21-16-4-3-5-17(12-16)23-13-14-8-10-15(11-9-14)20-22-18-6-1-2-7-19(18)24-20;/h1-2,6-11,16-17H,3-5,12-13,21H2;1H/t16-,17-;/m1./s1. The lowest BCUT2D eigenvalue weighted by Gasteiger charge is -2.26. The predicted molar refractivity (Wildman–Crippen MR) is 102 cm³/mol. The Labute approximate surface area is 153 Å². The molecule has 0 unspecified atom stereocenters. The first-order valence-corrected chi connectivity index (χ1v) is 8.60. The quantitative estimate of drug-likeness (QED) is 0.734. The number of hydrogen-bond acceptors (Lipinski definition) is 4. The van der Waals surface area contributed by atoms with Crippen LogP contribution in [0.25, 0.3) is 22.6 Å². The maximum Gasteiger partial charge on any atom is 0.227 e. The van der Waals surface area contributed by atoms with Crippen molar-refractivity contribution in [2.24, 2.45) is 5.73 Å². The molecule has 2 N–H and O–H groups in total. The highest BCUT2D eigenvalue weighted by molar-refractivity contribution is 5.85. The average Bonchev–Trinajstić information content (AvgIpc) is 3.05. The van der Waals surface area contributed by atoms with Crippen LogP contribution in [0.15, 0.2) is 52.9 Å². The van der Waals surface area contributed by atoms with E-state index in [0.29, 0.717) is 24.6 Å². The summed E-state index contributed by atoms with van der Waals surface area (Å²) in [6.45, 7) is 0.630. The van der Waals surface area contributed by atoms with Crippen molar-refractivity contribution in [1.82, 2.24) is 4.98 Å². The molecule has 4 nitrogen and oxygen atoms in total. The highest BCUT2D eigenvalue weighted by atomic mass is 35.5. The number of aromatic nitrogens is 1. The predicted octanol–water partition coefficient (Wildman–Crippen LogP) is 4.70. The third kappa shape index (κ3) is 4.21. The summed E-state index contributed by atoms with van der Waals surface area (Å²) in [5.74, 6) is 0.655. The fraction of sp³-hybridized carbons (Fsp3) is 0.350. The summed E-state index contributed by atoms with van der Waals surface area (Å²) < 4.78 is 11.8. The molecule has 1 aliphatic rings. The minimum Gasteiger partial charge on any atom is -0.436 e. The van der Waals surface area contributed by atoms with Gasteiger partial charge in [0.2, 0.25) is 5.89 Å². The zero-order chi connectivity index (χ0) is 16.4. The summed E-state index contributed by atoms with van der Waals surface area (Å²) in [5, 5.41) is 0. The lowest BCUT2D eigenvalue weighted by atomic mass is 9.93. The van der Waals surface area contributed by atoms with Gasteiger partial charge in [-0.25, -0.2) is 4.98 Å². The lowest BCUT2D eigenvalue weighted by molar-refractivity contribution is 0.0123. The van der Waals surface area contributed by atoms with Crippen molar-refractivity contribution in [3.63, 3.8) is 0 Å². The lowest BCUT2D eigenvalue weighted by Crippen LogP contribution is -2.32. The van der Waals surface area contributed by atoms with Gasteiger partial charge in [0.05, 0.1) is 12.7 Å². The molecule has 1 heterocycles. The highest BCUT2D eigenvalue weighted by Crippen LogP contribution is 2.25. The van der Waals surface area contributed by atoms with E-state index in [4.69, 9.17) is 14.9 Å². The smallest absolute Gasteiger partial charge is 0.227 e. The van der Waals surface area contributed by atoms with Crippen LogP contribution in [0.3, 0.4) is 0 Å². The van der Waals surface area contributed by atoms with E-state index in [1.807, 2.05) is 36.4 Å². The third-order valence-electron chi connectivity index (χ3n) is 4.65. The Morgan fingerprint density at radius 2 is 1.88 bits per heavy atom. The molecule has 5 heteroatoms. The van der Waals surface area contributed by atoms with Gasteiger partial charge in [-0.05, 0) is 55.5 Å². The number of benzene rings is 2. The van der Waals surface area contributed by atoms with E-state index in [0.717, 1.165) is 41.5 Å². The number of rotatable bonds is 4. The minimum absolute atomic E-state index is 0. The molecule has 0 saturated heterocycles. The molecule has 132 valence electrons. The molecule has 25 heavy (non-hydrogen) atoms. The van der Waals surface area contributed by atoms with Gasteiger partial charge in [-0.2, -0.15) is 0 Å². The van der Waals surface area contributed by atoms with Crippen LogP contribution in [0.1, 0.15) is 31.2 Å². The SMILES string of the molecule is Cl.N[C@@H]1CCC[C@@H](OCc2ccc(-c3nc4ccccc4o3)cc2)C1. The van der Waals surface area contributed by atoms with Crippen LogP contribution in [-0.2, 0) is 11.3 Å². The largest absolute Gasteiger partial charge is 0.436 e. The van der Waals surface area contributed by atoms with Crippen molar-refractivity contribution in [3.05, 3.63) is 54.1 Å². The zero-order valence-electron chi connectivity index (χ0n) is 14.1. The normalized spacial score (nSPS) is 20.4. The molecule has 1 aromatic heterocycles. The van der Waals surface area contributed by atoms with Crippen LogP contribution in [0, 0.1) is 0 Å². The van der Waals surface area contributed by atoms with Crippen LogP contribution < -0.4 is 5.73 Å². The van der Waals surface area contributed by atoms with Gasteiger partial charge in [0, 0.05) is 11.6 Å². The number of fused-ring (bicyclic) bond motifs is 1. The minimum atomic E-state index is 0. The second-order valence-electron chi connectivity index (χ2n) is 6.54. The number of oxazole rings is 1. The van der Waals surface area contributed by atoms with Gasteiger partial charge in [0.1, 0.15) is 5.52 Å². The van der Waals surface area contributed by atoms with Gasteiger partial charge in [-0.1, -0.05) is 24.3 Å². The molecule has 4 rings (SSSR count). The van der Waals surface area contributed by atoms with Crippen molar-refractivity contribution in [2.75, 3.05) is 0 Å². The molecular formula is C20H23ClN2O2. The maximum atomic E-state index is 6.01. The Kier molecular flexibility index (Phi) is 5.74. The van der Waals surface area contributed by atoms with E-state index in [9.17, 15) is 0 Å². The van der Waals surface area contributed by atoms with Crippen LogP contribution in [0.4, 0.5) is 0 Å². The molecule has 1 aliphatic carbocycles. The summed E-state index contributed by atoms with van der Waals surface area (Å²) in [5.41, 5.74) is 9.85. The Hall–Kier alpha value is -1.88. The maximum absolute atomic E-state index is 6.01. The van der Waals surface area contributed by atoms with Gasteiger partial charge >= 0.3 is 0 Å². The highest BCUT2D eigenvalue weighted by Gasteiger charge is 2.19. The number of hydrogen-bond donors (Lipinski definition) is 1. The van der Waals surface area contributed by atoms with E-state index < -0.39 is 0 Å². The molecule has 3 aromatic rings. The second-order valence-corrected chi connectivity index (χ2v) is 6.54. The summed E-state index contributed by atoms with van der Waals surface area (Å²) in [6.07, 6.45) is 4.68. The molecule has 0 radical (unpaired) electrons. The molecule has 0 bridgehead atoms. The molecular weight excluding hydrogens is 336 g/mol. The first-order chi connectivity index (χ1) is 11.8. The first kappa shape index (κ1) is 17.9. The topological polar surface area (TPSA) is 61.3 Å². The van der Waals surface area contributed by atoms with Gasteiger partial charge < -0.3 is 14.9 Å². The molecule has 0 spiro atoms. The molecule has 0 amide bonds. The van der Waals surface area contributed by atoms with E-state index in [1.54, 1.807) is 0 Å². The number of halogens is 1. The Morgan fingerprint density at radius 3 is 2.64 bits per heavy atom. The zero-order valence-corrected chi connectivity index (χ0v) is 14.9. The fourth-order valence-corrected chi connectivity index (χ4v) is 3.29. The molecule has 1 saturated carbocycles. The number of nitrogens with two attached hydrogens (primary N) is 1. The first-order valence-electron chi connectivity index (χ1n) is 8.60. The molecule has 2 aromatic carbocycles. The Bertz CT molecular complexity index is 783. The van der Waals surface area contributed by atoms with Gasteiger partial charge in [-0.3, -0.25) is 0 Å². The van der Waals surface area contributed by atoms with Crippen molar-refractivity contribution < 1.29 is 9.15 Å². The average molecular weight is 359 g/mol. The van der Waals surface area contributed by atoms with Crippen molar-refractivity contribution in [2.45, 2.75) is 44.4 Å². The monoisotopic (exact) mass is 358 g/mol. The van der Waals surface area contributed by atoms with E-state index >= 15 is 0 Å². The Balaban J connectivity index is 0.00000182. The van der Waals surface area contributed by atoms with Crippen molar-refractivity contribution in [3.8, 4) is 11.5 Å². The number of nitrogens with zero attached hydrogens (tertiary/aromatic N) is 1. The van der Waals surface area contributed by atoms with Gasteiger partial charge in [0.25, 0.3) is 0 Å². The van der Waals surface area contributed by atoms with E-state index in [2.05, 4.69) is 17.1 Å². The van der Waals surface area contributed by atoms with Gasteiger partial charge in [-0.15, -0.1) is 12.4 Å². The summed E-state index contributed by atoms with van der Waals surface area (Å²) in [6, 6.07) is 16.3. The second kappa shape index (κ2) is 8.00. The van der Waals surface area contributed by atoms with Crippen LogP contribution >= 0.6 is 12.4 Å². The Morgan fingerprint density at radius 1 is 1.08 bits per heavy atom. The van der Waals surface area contributed by atoms with Crippen molar-refractivity contribution in [1.29, 1.82) is 0 Å². The summed E-state index contributed by atoms with van der Waals surface area (Å²) in [7, 11) is 0. The summed E-state index contributed by atoms with van der Waals surface area (Å²) in [4.78, 5) is 4.53. The molecule has 0 aliphatic heterocycles. The fourth-order valence-electron chi connectivity index (χ4n) is 3.29. The summed E-state index contributed by atoms with van der Waals surface area (Å²) >= 11 is 0. The van der Waals surface area contributed by atoms with E-state index in [-0.39, 0.29) is 12.4 Å². The van der Waals surface area contributed by atoms with Crippen LogP contribution in [0.5, 0.6) is 0 Å². The van der Waals surface area contributed by atoms with Gasteiger partial charge in [0.15, 0.2) is 5.58 Å². The number of para-hydroxylation sites is 2. The molecule has 1 fully saturated rings. The van der Waals surface area contributed by atoms with E-state index in [1.165, 1.54) is 6.42 Å². The van der Waals surface area contributed by atoms with Crippen molar-refractivity contribution >= 4 is 23.5 Å².